The van der Waals surface area contributed by atoms with Gasteiger partial charge in [0.2, 0.25) is 5.91 Å². The standard InChI is InChI=1S/C19H26Cl2N2O2/c1-19(2)11-14(12-19)22(3)18(24)17(23-6-8-25-9-7-23)15-5-4-13(20)10-16(15)21/h4-5,10,14,17H,6-9,11-12H2,1-3H3/t17-/m1/s1. The van der Waals surface area contributed by atoms with Crippen molar-refractivity contribution in [2.75, 3.05) is 33.4 Å². The van der Waals surface area contributed by atoms with Crippen LogP contribution in [0.5, 0.6) is 0 Å². The van der Waals surface area contributed by atoms with Crippen LogP contribution in [0.3, 0.4) is 0 Å². The molecule has 1 amide bonds. The number of ether oxygens (including phenoxy) is 1. The Morgan fingerprint density at radius 3 is 2.48 bits per heavy atom. The highest BCUT2D eigenvalue weighted by atomic mass is 35.5. The molecule has 0 N–H and O–H groups in total. The van der Waals surface area contributed by atoms with E-state index in [9.17, 15) is 4.79 Å². The van der Waals surface area contributed by atoms with Crippen molar-refractivity contribution in [2.24, 2.45) is 5.41 Å². The van der Waals surface area contributed by atoms with Gasteiger partial charge in [-0.3, -0.25) is 9.69 Å². The topological polar surface area (TPSA) is 32.8 Å². The first kappa shape index (κ1) is 19.0. The first-order valence-corrected chi connectivity index (χ1v) is 9.57. The number of halogens is 2. The van der Waals surface area contributed by atoms with E-state index in [0.717, 1.165) is 31.5 Å². The van der Waals surface area contributed by atoms with Crippen LogP contribution in [-0.4, -0.2) is 55.1 Å². The second-order valence-electron chi connectivity index (χ2n) is 7.89. The Kier molecular flexibility index (Phi) is 5.64. The number of hydrogen-bond donors (Lipinski definition) is 0. The summed E-state index contributed by atoms with van der Waals surface area (Å²) in [4.78, 5) is 17.5. The number of carbonyl (C=O) groups excluding carboxylic acids is 1. The van der Waals surface area contributed by atoms with E-state index in [2.05, 4.69) is 18.7 Å². The van der Waals surface area contributed by atoms with Crippen LogP contribution in [0.4, 0.5) is 0 Å². The summed E-state index contributed by atoms with van der Waals surface area (Å²) in [6.45, 7) is 7.21. The minimum absolute atomic E-state index is 0.103. The van der Waals surface area contributed by atoms with Gasteiger partial charge in [0.1, 0.15) is 6.04 Å². The number of rotatable bonds is 4. The molecule has 1 heterocycles. The molecule has 25 heavy (non-hydrogen) atoms. The molecule has 1 saturated heterocycles. The molecule has 0 spiro atoms. The lowest BCUT2D eigenvalue weighted by molar-refractivity contribution is -0.144. The minimum atomic E-state index is -0.387. The highest BCUT2D eigenvalue weighted by Crippen LogP contribution is 2.43. The number of nitrogens with zero attached hydrogens (tertiary/aromatic N) is 2. The fraction of sp³-hybridized carbons (Fsp3) is 0.632. The summed E-state index contributed by atoms with van der Waals surface area (Å²) in [6.07, 6.45) is 2.08. The fourth-order valence-electron chi connectivity index (χ4n) is 3.91. The maximum Gasteiger partial charge on any atom is 0.244 e. The summed E-state index contributed by atoms with van der Waals surface area (Å²) in [5.74, 6) is 0.103. The van der Waals surface area contributed by atoms with Crippen molar-refractivity contribution >= 4 is 29.1 Å². The average molecular weight is 385 g/mol. The van der Waals surface area contributed by atoms with Gasteiger partial charge in [0.25, 0.3) is 0 Å². The van der Waals surface area contributed by atoms with E-state index in [1.165, 1.54) is 0 Å². The van der Waals surface area contributed by atoms with E-state index in [4.69, 9.17) is 27.9 Å². The van der Waals surface area contributed by atoms with Crippen LogP contribution in [0.15, 0.2) is 18.2 Å². The molecule has 138 valence electrons. The quantitative estimate of drug-likeness (QED) is 0.785. The third-order valence-corrected chi connectivity index (χ3v) is 5.94. The molecular weight excluding hydrogens is 359 g/mol. The van der Waals surface area contributed by atoms with Crippen LogP contribution >= 0.6 is 23.2 Å². The van der Waals surface area contributed by atoms with Gasteiger partial charge in [-0.2, -0.15) is 0 Å². The van der Waals surface area contributed by atoms with Gasteiger partial charge in [-0.1, -0.05) is 43.1 Å². The van der Waals surface area contributed by atoms with Crippen LogP contribution in [0.25, 0.3) is 0 Å². The number of amides is 1. The molecule has 1 aliphatic heterocycles. The van der Waals surface area contributed by atoms with Gasteiger partial charge < -0.3 is 9.64 Å². The van der Waals surface area contributed by atoms with Crippen molar-refractivity contribution < 1.29 is 9.53 Å². The largest absolute Gasteiger partial charge is 0.379 e. The molecule has 0 unspecified atom stereocenters. The van der Waals surface area contributed by atoms with Crippen molar-refractivity contribution in [2.45, 2.75) is 38.8 Å². The molecule has 3 rings (SSSR count). The zero-order valence-corrected chi connectivity index (χ0v) is 16.6. The van der Waals surface area contributed by atoms with E-state index in [-0.39, 0.29) is 11.9 Å². The molecule has 2 aliphatic rings. The van der Waals surface area contributed by atoms with E-state index in [1.54, 1.807) is 12.1 Å². The Morgan fingerprint density at radius 1 is 1.28 bits per heavy atom. The summed E-state index contributed by atoms with van der Waals surface area (Å²) in [6, 6.07) is 5.31. The van der Waals surface area contributed by atoms with Crippen molar-refractivity contribution in [3.8, 4) is 0 Å². The summed E-state index contributed by atoms with van der Waals surface area (Å²) in [5, 5.41) is 1.12. The van der Waals surface area contributed by atoms with Crippen LogP contribution in [-0.2, 0) is 9.53 Å². The fourth-order valence-corrected chi connectivity index (χ4v) is 4.42. The van der Waals surface area contributed by atoms with E-state index in [0.29, 0.717) is 34.7 Å². The molecule has 4 nitrogen and oxygen atoms in total. The summed E-state index contributed by atoms with van der Waals surface area (Å²) < 4.78 is 5.46. The third kappa shape index (κ3) is 4.13. The van der Waals surface area contributed by atoms with Gasteiger partial charge in [-0.15, -0.1) is 0 Å². The van der Waals surface area contributed by atoms with Gasteiger partial charge in [0, 0.05) is 36.2 Å². The minimum Gasteiger partial charge on any atom is -0.379 e. The van der Waals surface area contributed by atoms with Crippen molar-refractivity contribution in [1.29, 1.82) is 0 Å². The zero-order chi connectivity index (χ0) is 18.2. The normalized spacial score (nSPS) is 22.3. The second kappa shape index (κ2) is 7.43. The molecule has 1 aliphatic carbocycles. The third-order valence-electron chi connectivity index (χ3n) is 5.37. The first-order valence-electron chi connectivity index (χ1n) is 8.82. The van der Waals surface area contributed by atoms with Crippen LogP contribution in [0, 0.1) is 5.41 Å². The van der Waals surface area contributed by atoms with E-state index >= 15 is 0 Å². The molecule has 1 atom stereocenters. The Morgan fingerprint density at radius 2 is 1.92 bits per heavy atom. The SMILES string of the molecule is CN(C(=O)[C@@H](c1ccc(Cl)cc1Cl)N1CCOCC1)C1CC(C)(C)C1. The summed E-state index contributed by atoms with van der Waals surface area (Å²) >= 11 is 12.5. The maximum atomic E-state index is 13.4. The monoisotopic (exact) mass is 384 g/mol. The molecule has 0 radical (unpaired) electrons. The Bertz CT molecular complexity index is 636. The van der Waals surface area contributed by atoms with Crippen LogP contribution in [0.2, 0.25) is 10.0 Å². The Balaban J connectivity index is 1.86. The zero-order valence-electron chi connectivity index (χ0n) is 15.1. The molecule has 1 aromatic rings. The predicted molar refractivity (Wildman–Crippen MR) is 101 cm³/mol. The lowest BCUT2D eigenvalue weighted by atomic mass is 9.68. The van der Waals surface area contributed by atoms with Gasteiger partial charge in [-0.05, 0) is 36.0 Å². The lowest BCUT2D eigenvalue weighted by Crippen LogP contribution is -2.53. The molecular formula is C19H26Cl2N2O2. The average Bonchev–Trinajstić information content (AvgIpc) is 2.55. The van der Waals surface area contributed by atoms with Crippen LogP contribution < -0.4 is 0 Å². The summed E-state index contributed by atoms with van der Waals surface area (Å²) in [7, 11) is 1.92. The number of likely N-dealkylation sites (N-methyl/N-ethyl adjacent to an activating group) is 1. The van der Waals surface area contributed by atoms with Crippen LogP contribution in [0.1, 0.15) is 38.3 Å². The number of carbonyl (C=O) groups is 1. The van der Waals surface area contributed by atoms with Crippen molar-refractivity contribution in [1.82, 2.24) is 9.80 Å². The van der Waals surface area contributed by atoms with E-state index in [1.807, 2.05) is 18.0 Å². The number of hydrogen-bond acceptors (Lipinski definition) is 3. The molecule has 2 fully saturated rings. The Hall–Kier alpha value is -0.810. The van der Waals surface area contributed by atoms with Gasteiger partial charge >= 0.3 is 0 Å². The molecule has 1 aromatic carbocycles. The second-order valence-corrected chi connectivity index (χ2v) is 8.74. The van der Waals surface area contributed by atoms with Gasteiger partial charge in [-0.25, -0.2) is 0 Å². The predicted octanol–water partition coefficient (Wildman–Crippen LogP) is 4.01. The molecule has 0 aromatic heterocycles. The van der Waals surface area contributed by atoms with E-state index < -0.39 is 0 Å². The Labute approximate surface area is 160 Å². The summed E-state index contributed by atoms with van der Waals surface area (Å²) in [5.41, 5.74) is 1.15. The molecule has 0 bridgehead atoms. The molecule has 6 heteroatoms. The lowest BCUT2D eigenvalue weighted by Gasteiger charge is -2.48. The smallest absolute Gasteiger partial charge is 0.244 e. The first-order chi connectivity index (χ1) is 11.8. The molecule has 1 saturated carbocycles. The highest BCUT2D eigenvalue weighted by molar-refractivity contribution is 6.35. The van der Waals surface area contributed by atoms with Crippen molar-refractivity contribution in [3.63, 3.8) is 0 Å². The number of benzene rings is 1. The highest BCUT2D eigenvalue weighted by Gasteiger charge is 2.42. The van der Waals surface area contributed by atoms with Gasteiger partial charge in [0.05, 0.1) is 13.2 Å². The van der Waals surface area contributed by atoms with Crippen molar-refractivity contribution in [3.05, 3.63) is 33.8 Å². The number of morpholine rings is 1. The van der Waals surface area contributed by atoms with Gasteiger partial charge in [0.15, 0.2) is 0 Å². The maximum absolute atomic E-state index is 13.4.